The first-order valence-corrected chi connectivity index (χ1v) is 5.63. The molecule has 0 aliphatic rings. The lowest BCUT2D eigenvalue weighted by atomic mass is 9.86. The van der Waals surface area contributed by atoms with E-state index in [0.717, 1.165) is 10.9 Å². The van der Waals surface area contributed by atoms with Crippen LogP contribution in [0.15, 0.2) is 24.4 Å². The van der Waals surface area contributed by atoms with Gasteiger partial charge in [-0.05, 0) is 29.2 Å². The van der Waals surface area contributed by atoms with Crippen molar-refractivity contribution in [3.8, 4) is 0 Å². The monoisotopic (exact) mass is 231 g/mol. The van der Waals surface area contributed by atoms with Crippen LogP contribution >= 0.6 is 0 Å². The summed E-state index contributed by atoms with van der Waals surface area (Å²) in [5.74, 6) is -0.298. The average Bonchev–Trinajstić information content (AvgIpc) is 2.70. The van der Waals surface area contributed by atoms with Crippen LogP contribution in [0, 0.1) is 0 Å². The molecule has 0 saturated carbocycles. The van der Waals surface area contributed by atoms with Gasteiger partial charge in [0.25, 0.3) is 0 Å². The molecule has 0 aliphatic heterocycles. The summed E-state index contributed by atoms with van der Waals surface area (Å²) in [6.07, 6.45) is 2.01. The minimum Gasteiger partial charge on any atom is -0.465 e. The lowest BCUT2D eigenvalue weighted by Crippen LogP contribution is -2.10. The van der Waals surface area contributed by atoms with Gasteiger partial charge in [-0.25, -0.2) is 4.79 Å². The van der Waals surface area contributed by atoms with Crippen LogP contribution in [-0.2, 0) is 10.2 Å². The van der Waals surface area contributed by atoms with Crippen molar-refractivity contribution in [1.82, 2.24) is 4.98 Å². The van der Waals surface area contributed by atoms with E-state index in [4.69, 9.17) is 4.74 Å². The highest BCUT2D eigenvalue weighted by Crippen LogP contribution is 2.30. The Kier molecular flexibility index (Phi) is 2.69. The molecule has 1 N–H and O–H groups in total. The third-order valence-corrected chi connectivity index (χ3v) is 2.91. The van der Waals surface area contributed by atoms with E-state index >= 15 is 0 Å². The van der Waals surface area contributed by atoms with Crippen molar-refractivity contribution in [1.29, 1.82) is 0 Å². The van der Waals surface area contributed by atoms with Crippen LogP contribution in [0.1, 0.15) is 36.7 Å². The molecule has 1 aromatic carbocycles. The van der Waals surface area contributed by atoms with Gasteiger partial charge in [-0.2, -0.15) is 0 Å². The molecule has 0 saturated heterocycles. The van der Waals surface area contributed by atoms with E-state index in [0.29, 0.717) is 5.56 Å². The number of hydrogen-bond donors (Lipinski definition) is 1. The van der Waals surface area contributed by atoms with E-state index in [1.54, 1.807) is 6.07 Å². The fraction of sp³-hybridized carbons (Fsp3) is 0.357. The van der Waals surface area contributed by atoms with E-state index < -0.39 is 0 Å². The molecule has 0 aliphatic carbocycles. The molecule has 0 radical (unpaired) electrons. The molecule has 0 atom stereocenters. The quantitative estimate of drug-likeness (QED) is 0.765. The standard InChI is InChI=1S/C14H17NO2/c1-14(2,3)11-8-15-12-6-5-9(7-10(11)12)13(16)17-4/h5-8,15H,1-4H3. The molecule has 0 spiro atoms. The van der Waals surface area contributed by atoms with Gasteiger partial charge in [0.15, 0.2) is 0 Å². The zero-order chi connectivity index (χ0) is 12.6. The second-order valence-electron chi connectivity index (χ2n) is 5.20. The van der Waals surface area contributed by atoms with Crippen LogP contribution in [-0.4, -0.2) is 18.1 Å². The highest BCUT2D eigenvalue weighted by atomic mass is 16.5. The molecule has 0 bridgehead atoms. The van der Waals surface area contributed by atoms with Crippen molar-refractivity contribution >= 4 is 16.9 Å². The zero-order valence-corrected chi connectivity index (χ0v) is 10.6. The Morgan fingerprint density at radius 1 is 1.29 bits per heavy atom. The largest absolute Gasteiger partial charge is 0.465 e. The Morgan fingerprint density at radius 3 is 2.59 bits per heavy atom. The summed E-state index contributed by atoms with van der Waals surface area (Å²) in [6, 6.07) is 5.58. The molecule has 3 heteroatoms. The van der Waals surface area contributed by atoms with Gasteiger partial charge < -0.3 is 9.72 Å². The van der Waals surface area contributed by atoms with Crippen molar-refractivity contribution < 1.29 is 9.53 Å². The summed E-state index contributed by atoms with van der Waals surface area (Å²) in [5.41, 5.74) is 2.89. The third-order valence-electron chi connectivity index (χ3n) is 2.91. The summed E-state index contributed by atoms with van der Waals surface area (Å²) >= 11 is 0. The number of nitrogens with one attached hydrogen (secondary N) is 1. The van der Waals surface area contributed by atoms with E-state index in [1.807, 2.05) is 18.3 Å². The molecule has 17 heavy (non-hydrogen) atoms. The Bertz CT molecular complexity index is 561. The zero-order valence-electron chi connectivity index (χ0n) is 10.6. The van der Waals surface area contributed by atoms with Crippen LogP contribution < -0.4 is 0 Å². The fourth-order valence-corrected chi connectivity index (χ4v) is 1.99. The van der Waals surface area contributed by atoms with Crippen molar-refractivity contribution in [3.63, 3.8) is 0 Å². The second-order valence-corrected chi connectivity index (χ2v) is 5.20. The van der Waals surface area contributed by atoms with Gasteiger partial charge in [0.1, 0.15) is 0 Å². The second kappa shape index (κ2) is 3.91. The SMILES string of the molecule is COC(=O)c1ccc2[nH]cc(C(C)(C)C)c2c1. The van der Waals surface area contributed by atoms with Gasteiger partial charge in [-0.15, -0.1) is 0 Å². The molecule has 2 rings (SSSR count). The molecule has 3 nitrogen and oxygen atoms in total. The van der Waals surface area contributed by atoms with Gasteiger partial charge in [-0.1, -0.05) is 20.8 Å². The number of aromatic amines is 1. The number of carbonyl (C=O) groups is 1. The molecule has 90 valence electrons. The number of carbonyl (C=O) groups excluding carboxylic acids is 1. The highest BCUT2D eigenvalue weighted by molar-refractivity contribution is 5.95. The molecule has 0 amide bonds. The lowest BCUT2D eigenvalue weighted by molar-refractivity contribution is 0.0601. The maximum Gasteiger partial charge on any atom is 0.337 e. The van der Waals surface area contributed by atoms with Crippen molar-refractivity contribution in [2.45, 2.75) is 26.2 Å². The summed E-state index contributed by atoms with van der Waals surface area (Å²) in [4.78, 5) is 14.7. The molecule has 2 aromatic rings. The predicted octanol–water partition coefficient (Wildman–Crippen LogP) is 3.25. The first-order chi connectivity index (χ1) is 7.93. The van der Waals surface area contributed by atoms with E-state index in [1.165, 1.54) is 12.7 Å². The number of H-pyrrole nitrogens is 1. The average molecular weight is 231 g/mol. The van der Waals surface area contributed by atoms with Crippen LogP contribution in [0.5, 0.6) is 0 Å². The Morgan fingerprint density at radius 2 is 2.00 bits per heavy atom. The molecule has 1 heterocycles. The molecule has 1 aromatic heterocycles. The smallest absolute Gasteiger partial charge is 0.337 e. The van der Waals surface area contributed by atoms with Crippen LogP contribution in [0.2, 0.25) is 0 Å². The number of rotatable bonds is 1. The summed E-state index contributed by atoms with van der Waals surface area (Å²) in [5, 5.41) is 1.08. The fourth-order valence-electron chi connectivity index (χ4n) is 1.99. The van der Waals surface area contributed by atoms with Gasteiger partial charge in [0.05, 0.1) is 12.7 Å². The lowest BCUT2D eigenvalue weighted by Gasteiger charge is -2.17. The van der Waals surface area contributed by atoms with E-state index in [9.17, 15) is 4.79 Å². The van der Waals surface area contributed by atoms with Gasteiger partial charge in [0, 0.05) is 17.1 Å². The first-order valence-electron chi connectivity index (χ1n) is 5.63. The predicted molar refractivity (Wildman–Crippen MR) is 68.3 cm³/mol. The topological polar surface area (TPSA) is 42.1 Å². The number of benzene rings is 1. The van der Waals surface area contributed by atoms with Crippen LogP contribution in [0.3, 0.4) is 0 Å². The maximum atomic E-state index is 11.5. The molecule has 0 unspecified atom stereocenters. The van der Waals surface area contributed by atoms with Crippen LogP contribution in [0.25, 0.3) is 10.9 Å². The number of esters is 1. The normalized spacial score (nSPS) is 11.8. The Labute approximate surface area is 101 Å². The molecular weight excluding hydrogens is 214 g/mol. The Balaban J connectivity index is 2.62. The summed E-state index contributed by atoms with van der Waals surface area (Å²) in [7, 11) is 1.40. The highest BCUT2D eigenvalue weighted by Gasteiger charge is 2.19. The van der Waals surface area contributed by atoms with E-state index in [2.05, 4.69) is 25.8 Å². The number of ether oxygens (including phenoxy) is 1. The third kappa shape index (κ3) is 2.05. The van der Waals surface area contributed by atoms with Gasteiger partial charge in [0.2, 0.25) is 0 Å². The number of aromatic nitrogens is 1. The summed E-state index contributed by atoms with van der Waals surface area (Å²) in [6.45, 7) is 6.46. The summed E-state index contributed by atoms with van der Waals surface area (Å²) < 4.78 is 4.74. The number of hydrogen-bond acceptors (Lipinski definition) is 2. The van der Waals surface area contributed by atoms with Crippen molar-refractivity contribution in [3.05, 3.63) is 35.5 Å². The minimum atomic E-state index is -0.298. The molecule has 0 fully saturated rings. The van der Waals surface area contributed by atoms with Crippen molar-refractivity contribution in [2.75, 3.05) is 7.11 Å². The van der Waals surface area contributed by atoms with Crippen LogP contribution in [0.4, 0.5) is 0 Å². The van der Waals surface area contributed by atoms with Gasteiger partial charge in [-0.3, -0.25) is 0 Å². The van der Waals surface area contributed by atoms with Crippen molar-refractivity contribution in [2.24, 2.45) is 0 Å². The maximum absolute atomic E-state index is 11.5. The van der Waals surface area contributed by atoms with Gasteiger partial charge >= 0.3 is 5.97 Å². The minimum absolute atomic E-state index is 0.0486. The molecular formula is C14H17NO2. The number of methoxy groups -OCH3 is 1. The van der Waals surface area contributed by atoms with E-state index in [-0.39, 0.29) is 11.4 Å². The first kappa shape index (κ1) is 11.7. The Hall–Kier alpha value is -1.77. The number of fused-ring (bicyclic) bond motifs is 1.